The van der Waals surface area contributed by atoms with Gasteiger partial charge in [-0.2, -0.15) is 0 Å². The smallest absolute Gasteiger partial charge is 0.238 e. The quantitative estimate of drug-likeness (QED) is 0.876. The number of methoxy groups -OCH3 is 1. The van der Waals surface area contributed by atoms with Gasteiger partial charge in [-0.15, -0.1) is 0 Å². The molecule has 0 aliphatic heterocycles. The maximum Gasteiger partial charge on any atom is 0.238 e. The Morgan fingerprint density at radius 2 is 2.05 bits per heavy atom. The largest absolute Gasteiger partial charge is 0.481 e. The van der Waals surface area contributed by atoms with E-state index in [4.69, 9.17) is 9.88 Å². The number of sulfonamides is 1. The van der Waals surface area contributed by atoms with E-state index in [9.17, 15) is 8.42 Å². The van der Waals surface area contributed by atoms with Gasteiger partial charge in [0.1, 0.15) is 0 Å². The van der Waals surface area contributed by atoms with Crippen molar-refractivity contribution in [2.24, 2.45) is 5.14 Å². The first-order valence-electron chi connectivity index (χ1n) is 6.27. The van der Waals surface area contributed by atoms with E-state index in [1.807, 2.05) is 19.1 Å². The van der Waals surface area contributed by atoms with Crippen molar-refractivity contribution in [3.05, 3.63) is 47.7 Å². The second-order valence-electron chi connectivity index (χ2n) is 4.55. The highest BCUT2D eigenvalue weighted by Crippen LogP contribution is 2.20. The molecule has 0 atom stereocenters. The average molecular weight is 307 g/mol. The summed E-state index contributed by atoms with van der Waals surface area (Å²) in [6, 6.07) is 10.2. The number of hydrogen-bond acceptors (Lipinski definition) is 5. The van der Waals surface area contributed by atoms with E-state index >= 15 is 0 Å². The number of nitrogens with one attached hydrogen (secondary N) is 1. The summed E-state index contributed by atoms with van der Waals surface area (Å²) in [6.45, 7) is 2.33. The van der Waals surface area contributed by atoms with Crippen LogP contribution in [0.15, 0.2) is 41.3 Å². The lowest BCUT2D eigenvalue weighted by Gasteiger charge is -2.11. The minimum atomic E-state index is -3.71. The number of anilines is 1. The molecular weight excluding hydrogens is 290 g/mol. The average Bonchev–Trinajstić information content (AvgIpc) is 2.45. The van der Waals surface area contributed by atoms with Crippen LogP contribution in [0, 0.1) is 6.92 Å². The van der Waals surface area contributed by atoms with Gasteiger partial charge in [0.2, 0.25) is 15.9 Å². The van der Waals surface area contributed by atoms with Gasteiger partial charge in [0.25, 0.3) is 0 Å². The van der Waals surface area contributed by atoms with Crippen LogP contribution in [0.5, 0.6) is 5.88 Å². The highest BCUT2D eigenvalue weighted by atomic mass is 32.2. The SMILES string of the molecule is COc1cccc(CNc2cc(S(N)(=O)=O)ccc2C)n1. The molecule has 2 aromatic rings. The molecular formula is C14H17N3O3S. The third-order valence-corrected chi connectivity index (χ3v) is 3.90. The maximum absolute atomic E-state index is 11.4. The molecule has 0 amide bonds. The fraction of sp³-hybridized carbons (Fsp3) is 0.214. The van der Waals surface area contributed by atoms with Crippen molar-refractivity contribution in [1.29, 1.82) is 0 Å². The van der Waals surface area contributed by atoms with Crippen LogP contribution >= 0.6 is 0 Å². The van der Waals surface area contributed by atoms with Gasteiger partial charge in [0, 0.05) is 11.8 Å². The number of rotatable bonds is 5. The summed E-state index contributed by atoms with van der Waals surface area (Å²) >= 11 is 0. The fourth-order valence-electron chi connectivity index (χ4n) is 1.82. The number of hydrogen-bond donors (Lipinski definition) is 2. The summed E-state index contributed by atoms with van der Waals surface area (Å²) in [5, 5.41) is 8.29. The number of aryl methyl sites for hydroxylation is 1. The standard InChI is InChI=1S/C14H17N3O3S/c1-10-6-7-12(21(15,18)19)8-13(10)16-9-11-4-3-5-14(17-11)20-2/h3-8,16H,9H2,1-2H3,(H2,15,18,19). The van der Waals surface area contributed by atoms with E-state index in [0.29, 0.717) is 18.1 Å². The molecule has 0 radical (unpaired) electrons. The molecule has 0 spiro atoms. The second kappa shape index (κ2) is 6.11. The van der Waals surface area contributed by atoms with E-state index in [-0.39, 0.29) is 4.90 Å². The van der Waals surface area contributed by atoms with Crippen molar-refractivity contribution in [2.45, 2.75) is 18.4 Å². The van der Waals surface area contributed by atoms with Gasteiger partial charge in [0.05, 0.1) is 24.2 Å². The molecule has 1 aromatic heterocycles. The van der Waals surface area contributed by atoms with E-state index in [1.54, 1.807) is 19.2 Å². The minimum absolute atomic E-state index is 0.0780. The first kappa shape index (κ1) is 15.3. The van der Waals surface area contributed by atoms with Crippen LogP contribution in [0.3, 0.4) is 0 Å². The molecule has 0 unspecified atom stereocenters. The van der Waals surface area contributed by atoms with Gasteiger partial charge in [0.15, 0.2) is 0 Å². The monoisotopic (exact) mass is 307 g/mol. The Kier molecular flexibility index (Phi) is 4.44. The molecule has 0 aliphatic carbocycles. The van der Waals surface area contributed by atoms with Crippen LogP contribution in [-0.4, -0.2) is 20.5 Å². The Bertz CT molecular complexity index is 745. The molecule has 112 valence electrons. The number of aromatic nitrogens is 1. The van der Waals surface area contributed by atoms with Crippen LogP contribution < -0.4 is 15.2 Å². The second-order valence-corrected chi connectivity index (χ2v) is 6.11. The van der Waals surface area contributed by atoms with Gasteiger partial charge in [-0.05, 0) is 30.7 Å². The minimum Gasteiger partial charge on any atom is -0.481 e. The van der Waals surface area contributed by atoms with Gasteiger partial charge in [-0.3, -0.25) is 0 Å². The maximum atomic E-state index is 11.4. The van der Waals surface area contributed by atoms with Crippen molar-refractivity contribution < 1.29 is 13.2 Å². The number of benzene rings is 1. The summed E-state index contributed by atoms with van der Waals surface area (Å²) < 4.78 is 27.8. The van der Waals surface area contributed by atoms with Crippen LogP contribution in [0.2, 0.25) is 0 Å². The van der Waals surface area contributed by atoms with E-state index in [1.165, 1.54) is 12.1 Å². The van der Waals surface area contributed by atoms with Gasteiger partial charge >= 0.3 is 0 Å². The normalized spacial score (nSPS) is 11.2. The van der Waals surface area contributed by atoms with Gasteiger partial charge in [-0.25, -0.2) is 18.5 Å². The number of nitrogens with two attached hydrogens (primary N) is 1. The van der Waals surface area contributed by atoms with Gasteiger partial charge < -0.3 is 10.1 Å². The van der Waals surface area contributed by atoms with Crippen molar-refractivity contribution >= 4 is 15.7 Å². The van der Waals surface area contributed by atoms with E-state index < -0.39 is 10.0 Å². The molecule has 3 N–H and O–H groups in total. The number of nitrogens with zero attached hydrogens (tertiary/aromatic N) is 1. The summed E-state index contributed by atoms with van der Waals surface area (Å²) in [6.07, 6.45) is 0. The predicted octanol–water partition coefficient (Wildman–Crippen LogP) is 1.66. The van der Waals surface area contributed by atoms with Crippen molar-refractivity contribution in [2.75, 3.05) is 12.4 Å². The Balaban J connectivity index is 2.19. The highest BCUT2D eigenvalue weighted by molar-refractivity contribution is 7.89. The number of ether oxygens (including phenoxy) is 1. The first-order chi connectivity index (χ1) is 9.90. The topological polar surface area (TPSA) is 94.3 Å². The third-order valence-electron chi connectivity index (χ3n) is 2.99. The summed E-state index contributed by atoms with van der Waals surface area (Å²) in [5.41, 5.74) is 2.41. The number of pyridine rings is 1. The molecule has 2 rings (SSSR count). The molecule has 1 heterocycles. The lowest BCUT2D eigenvalue weighted by atomic mass is 10.2. The summed E-state index contributed by atoms with van der Waals surface area (Å²) in [4.78, 5) is 4.36. The van der Waals surface area contributed by atoms with Gasteiger partial charge in [-0.1, -0.05) is 12.1 Å². The van der Waals surface area contributed by atoms with Crippen molar-refractivity contribution in [3.8, 4) is 5.88 Å². The lowest BCUT2D eigenvalue weighted by molar-refractivity contribution is 0.396. The molecule has 0 saturated carbocycles. The van der Waals surface area contributed by atoms with E-state index in [2.05, 4.69) is 10.3 Å². The van der Waals surface area contributed by atoms with Crippen LogP contribution in [0.1, 0.15) is 11.3 Å². The zero-order valence-electron chi connectivity index (χ0n) is 11.8. The third kappa shape index (κ3) is 3.93. The van der Waals surface area contributed by atoms with Crippen molar-refractivity contribution in [3.63, 3.8) is 0 Å². The predicted molar refractivity (Wildman–Crippen MR) is 80.7 cm³/mol. The number of primary sulfonamides is 1. The lowest BCUT2D eigenvalue weighted by Crippen LogP contribution is -2.13. The molecule has 0 saturated heterocycles. The van der Waals surface area contributed by atoms with Crippen LogP contribution in [0.4, 0.5) is 5.69 Å². The van der Waals surface area contributed by atoms with E-state index in [0.717, 1.165) is 11.3 Å². The summed E-state index contributed by atoms with van der Waals surface area (Å²) in [7, 11) is -2.16. The molecule has 0 aliphatic rings. The Labute approximate surface area is 124 Å². The zero-order chi connectivity index (χ0) is 15.5. The fourth-order valence-corrected chi connectivity index (χ4v) is 2.36. The zero-order valence-corrected chi connectivity index (χ0v) is 12.6. The molecule has 0 fully saturated rings. The highest BCUT2D eigenvalue weighted by Gasteiger charge is 2.10. The molecule has 7 heteroatoms. The van der Waals surface area contributed by atoms with Crippen LogP contribution in [0.25, 0.3) is 0 Å². The molecule has 21 heavy (non-hydrogen) atoms. The Hall–Kier alpha value is -2.12. The Morgan fingerprint density at radius 1 is 1.29 bits per heavy atom. The first-order valence-corrected chi connectivity index (χ1v) is 7.82. The molecule has 1 aromatic carbocycles. The molecule has 6 nitrogen and oxygen atoms in total. The molecule has 0 bridgehead atoms. The summed E-state index contributed by atoms with van der Waals surface area (Å²) in [5.74, 6) is 0.532. The Morgan fingerprint density at radius 3 is 2.71 bits per heavy atom. The van der Waals surface area contributed by atoms with Crippen molar-refractivity contribution in [1.82, 2.24) is 4.98 Å². The van der Waals surface area contributed by atoms with Crippen LogP contribution in [-0.2, 0) is 16.6 Å².